The van der Waals surface area contributed by atoms with E-state index in [1.807, 2.05) is 24.4 Å². The SMILES string of the molecule is C=CCN1C=C(c2cccc(CCC)c2)C(=O)CC1. The summed E-state index contributed by atoms with van der Waals surface area (Å²) in [5, 5.41) is 0. The molecule has 0 amide bonds. The predicted octanol–water partition coefficient (Wildman–Crippen LogP) is 3.44. The number of nitrogens with zero attached hydrogens (tertiary/aromatic N) is 1. The normalized spacial score (nSPS) is 15.3. The van der Waals surface area contributed by atoms with Gasteiger partial charge in [0.2, 0.25) is 0 Å². The van der Waals surface area contributed by atoms with Gasteiger partial charge in [-0.25, -0.2) is 0 Å². The van der Waals surface area contributed by atoms with E-state index in [0.29, 0.717) is 6.42 Å². The molecular weight excluding hydrogens is 234 g/mol. The third kappa shape index (κ3) is 3.34. The second kappa shape index (κ2) is 6.37. The summed E-state index contributed by atoms with van der Waals surface area (Å²) in [7, 11) is 0. The minimum atomic E-state index is 0.244. The van der Waals surface area contributed by atoms with Gasteiger partial charge in [0.15, 0.2) is 5.78 Å². The molecule has 1 heterocycles. The summed E-state index contributed by atoms with van der Waals surface area (Å²) in [6.07, 6.45) is 6.64. The summed E-state index contributed by atoms with van der Waals surface area (Å²) >= 11 is 0. The molecule has 2 nitrogen and oxygen atoms in total. The van der Waals surface area contributed by atoms with Crippen LogP contribution in [0.25, 0.3) is 5.57 Å². The Morgan fingerprint density at radius 1 is 1.42 bits per heavy atom. The van der Waals surface area contributed by atoms with E-state index in [1.165, 1.54) is 5.56 Å². The van der Waals surface area contributed by atoms with Crippen LogP contribution in [0.5, 0.6) is 0 Å². The Balaban J connectivity index is 2.29. The van der Waals surface area contributed by atoms with Gasteiger partial charge in [-0.2, -0.15) is 0 Å². The van der Waals surface area contributed by atoms with Crippen molar-refractivity contribution in [2.24, 2.45) is 0 Å². The number of Topliss-reactive ketones (excluding diaryl/α,β-unsaturated/α-hetero) is 1. The minimum Gasteiger partial charge on any atom is -0.373 e. The van der Waals surface area contributed by atoms with E-state index in [0.717, 1.165) is 37.1 Å². The Morgan fingerprint density at radius 2 is 2.26 bits per heavy atom. The van der Waals surface area contributed by atoms with Gasteiger partial charge in [0.05, 0.1) is 0 Å². The number of allylic oxidation sites excluding steroid dienone is 1. The molecule has 1 aliphatic rings. The molecule has 0 aromatic heterocycles. The lowest BCUT2D eigenvalue weighted by Gasteiger charge is -2.25. The fourth-order valence-corrected chi connectivity index (χ4v) is 2.43. The molecule has 0 N–H and O–H groups in total. The number of carbonyl (C=O) groups is 1. The maximum Gasteiger partial charge on any atom is 0.166 e. The zero-order valence-electron chi connectivity index (χ0n) is 11.6. The maximum atomic E-state index is 12.1. The van der Waals surface area contributed by atoms with Crippen molar-refractivity contribution in [1.82, 2.24) is 4.90 Å². The van der Waals surface area contributed by atoms with Gasteiger partial charge in [0, 0.05) is 31.3 Å². The highest BCUT2D eigenvalue weighted by atomic mass is 16.1. The van der Waals surface area contributed by atoms with Gasteiger partial charge in [-0.05, 0) is 17.5 Å². The molecule has 0 bridgehead atoms. The Hall–Kier alpha value is -1.83. The number of aryl methyl sites for hydroxylation is 1. The van der Waals surface area contributed by atoms with Gasteiger partial charge < -0.3 is 4.90 Å². The second-order valence-electron chi connectivity index (χ2n) is 4.95. The smallest absolute Gasteiger partial charge is 0.166 e. The van der Waals surface area contributed by atoms with Gasteiger partial charge in [-0.15, -0.1) is 6.58 Å². The Morgan fingerprint density at radius 3 is 3.00 bits per heavy atom. The summed E-state index contributed by atoms with van der Waals surface area (Å²) in [6, 6.07) is 8.34. The molecule has 2 rings (SSSR count). The van der Waals surface area contributed by atoms with Crippen molar-refractivity contribution in [3.63, 3.8) is 0 Å². The van der Waals surface area contributed by atoms with Crippen LogP contribution in [0.3, 0.4) is 0 Å². The molecule has 2 heteroatoms. The van der Waals surface area contributed by atoms with Crippen molar-refractivity contribution in [2.45, 2.75) is 26.2 Å². The molecule has 100 valence electrons. The van der Waals surface area contributed by atoms with Gasteiger partial charge in [-0.1, -0.05) is 43.7 Å². The molecule has 1 aromatic rings. The maximum absolute atomic E-state index is 12.1. The highest BCUT2D eigenvalue weighted by Crippen LogP contribution is 2.23. The van der Waals surface area contributed by atoms with Crippen LogP contribution in [-0.2, 0) is 11.2 Å². The predicted molar refractivity (Wildman–Crippen MR) is 79.8 cm³/mol. The van der Waals surface area contributed by atoms with Crippen LogP contribution < -0.4 is 0 Å². The van der Waals surface area contributed by atoms with E-state index >= 15 is 0 Å². The average Bonchev–Trinajstić information content (AvgIpc) is 2.42. The van der Waals surface area contributed by atoms with Crippen molar-refractivity contribution in [2.75, 3.05) is 13.1 Å². The summed E-state index contributed by atoms with van der Waals surface area (Å²) in [4.78, 5) is 14.2. The molecule has 0 spiro atoms. The number of rotatable bonds is 5. The molecule has 19 heavy (non-hydrogen) atoms. The van der Waals surface area contributed by atoms with Gasteiger partial charge in [-0.3, -0.25) is 4.79 Å². The van der Waals surface area contributed by atoms with Gasteiger partial charge in [0.1, 0.15) is 0 Å². The number of hydrogen-bond acceptors (Lipinski definition) is 2. The summed E-state index contributed by atoms with van der Waals surface area (Å²) in [5.41, 5.74) is 3.19. The van der Waals surface area contributed by atoms with Crippen LogP contribution in [0.15, 0.2) is 43.1 Å². The Kier molecular flexibility index (Phi) is 4.56. The molecule has 0 aliphatic carbocycles. The largest absolute Gasteiger partial charge is 0.373 e. The molecule has 0 fully saturated rings. The van der Waals surface area contributed by atoms with E-state index in [9.17, 15) is 4.79 Å². The third-order valence-electron chi connectivity index (χ3n) is 3.38. The van der Waals surface area contributed by atoms with Gasteiger partial charge in [0.25, 0.3) is 0 Å². The highest BCUT2D eigenvalue weighted by molar-refractivity contribution is 6.21. The number of carbonyl (C=O) groups excluding carboxylic acids is 1. The van der Waals surface area contributed by atoms with Crippen molar-refractivity contribution >= 4 is 11.4 Å². The summed E-state index contributed by atoms with van der Waals surface area (Å²) in [5.74, 6) is 0.244. The van der Waals surface area contributed by atoms with E-state index < -0.39 is 0 Å². The van der Waals surface area contributed by atoms with E-state index in [2.05, 4.69) is 30.5 Å². The topological polar surface area (TPSA) is 20.3 Å². The van der Waals surface area contributed by atoms with Crippen LogP contribution in [0.2, 0.25) is 0 Å². The summed E-state index contributed by atoms with van der Waals surface area (Å²) in [6.45, 7) is 7.52. The van der Waals surface area contributed by atoms with Crippen LogP contribution >= 0.6 is 0 Å². The van der Waals surface area contributed by atoms with Crippen molar-refractivity contribution in [3.8, 4) is 0 Å². The first-order chi connectivity index (χ1) is 9.24. The van der Waals surface area contributed by atoms with Crippen LogP contribution in [0.4, 0.5) is 0 Å². The lowest BCUT2D eigenvalue weighted by molar-refractivity contribution is -0.114. The van der Waals surface area contributed by atoms with Crippen LogP contribution in [-0.4, -0.2) is 23.8 Å². The van der Waals surface area contributed by atoms with Crippen LogP contribution in [0, 0.1) is 0 Å². The number of ketones is 1. The lowest BCUT2D eigenvalue weighted by atomic mass is 9.95. The molecule has 1 aromatic carbocycles. The highest BCUT2D eigenvalue weighted by Gasteiger charge is 2.19. The quantitative estimate of drug-likeness (QED) is 0.751. The minimum absolute atomic E-state index is 0.244. The zero-order valence-corrected chi connectivity index (χ0v) is 11.6. The second-order valence-corrected chi connectivity index (χ2v) is 4.95. The fraction of sp³-hybridized carbons (Fsp3) is 0.353. The van der Waals surface area contributed by atoms with E-state index in [1.54, 1.807) is 0 Å². The molecular formula is C17H21NO. The van der Waals surface area contributed by atoms with Gasteiger partial charge >= 0.3 is 0 Å². The van der Waals surface area contributed by atoms with Crippen molar-refractivity contribution in [3.05, 3.63) is 54.2 Å². The Labute approximate surface area is 115 Å². The first kappa shape index (κ1) is 13.6. The monoisotopic (exact) mass is 255 g/mol. The molecule has 0 saturated heterocycles. The zero-order chi connectivity index (χ0) is 13.7. The lowest BCUT2D eigenvalue weighted by Crippen LogP contribution is -2.27. The molecule has 1 aliphatic heterocycles. The first-order valence-electron chi connectivity index (χ1n) is 6.94. The molecule has 0 atom stereocenters. The van der Waals surface area contributed by atoms with Crippen molar-refractivity contribution < 1.29 is 4.79 Å². The third-order valence-corrected chi connectivity index (χ3v) is 3.38. The van der Waals surface area contributed by atoms with Crippen LogP contribution in [0.1, 0.15) is 30.9 Å². The van der Waals surface area contributed by atoms with E-state index in [-0.39, 0.29) is 5.78 Å². The Bertz CT molecular complexity index is 502. The molecule has 0 unspecified atom stereocenters. The summed E-state index contributed by atoms with van der Waals surface area (Å²) < 4.78 is 0. The van der Waals surface area contributed by atoms with E-state index in [4.69, 9.17) is 0 Å². The number of hydrogen-bond donors (Lipinski definition) is 0. The number of benzene rings is 1. The van der Waals surface area contributed by atoms with Crippen molar-refractivity contribution in [1.29, 1.82) is 0 Å². The fourth-order valence-electron chi connectivity index (χ4n) is 2.43. The average molecular weight is 255 g/mol. The molecule has 0 saturated carbocycles. The standard InChI is InChI=1S/C17H21NO/c1-3-6-14-7-5-8-15(12-14)16-13-18(10-4-2)11-9-17(16)19/h4-5,7-8,12-13H,2-3,6,9-11H2,1H3. The molecule has 0 radical (unpaired) electrons. The first-order valence-corrected chi connectivity index (χ1v) is 6.94.